The van der Waals surface area contributed by atoms with Gasteiger partial charge in [-0.15, -0.1) is 0 Å². The van der Waals surface area contributed by atoms with E-state index in [1.165, 1.54) is 44.0 Å². The van der Waals surface area contributed by atoms with E-state index in [-0.39, 0.29) is 12.2 Å². The Balaban J connectivity index is 1.99. The summed E-state index contributed by atoms with van der Waals surface area (Å²) >= 11 is 0. The molecule has 0 spiro atoms. The fourth-order valence-electron chi connectivity index (χ4n) is 4.41. The Morgan fingerprint density at radius 1 is 0.549 bits per heavy atom. The van der Waals surface area contributed by atoms with Crippen molar-refractivity contribution in [1.29, 1.82) is 0 Å². The number of nitrogens with zero attached hydrogens (tertiary/aromatic N) is 2. The van der Waals surface area contributed by atoms with Crippen molar-refractivity contribution in [3.05, 3.63) is 42.2 Å². The molecule has 0 radical (unpaired) electrons. The summed E-state index contributed by atoms with van der Waals surface area (Å²) in [5, 5.41) is 0. The van der Waals surface area contributed by atoms with Gasteiger partial charge in [0.25, 0.3) is 0 Å². The second-order valence-corrected chi connectivity index (χ2v) is 11.7. The lowest BCUT2D eigenvalue weighted by molar-refractivity contribution is -0.525. The normalized spacial score (nSPS) is 13.9. The number of unbranched alkanes of at least 4 members (excludes halogenated alkanes) is 6. The number of aromatic nitrogens is 2. The number of halogens is 14. The Bertz CT molecular complexity index is 1330. The molecule has 0 N–H and O–H groups in total. The van der Waals surface area contributed by atoms with E-state index in [9.17, 15) is 61.5 Å². The van der Waals surface area contributed by atoms with Gasteiger partial charge in [0.05, 0.1) is 13.2 Å². The molecule has 0 bridgehead atoms. The minimum atomic E-state index is -7.88. The van der Waals surface area contributed by atoms with E-state index in [1.807, 2.05) is 4.74 Å². The van der Waals surface area contributed by atoms with Crippen LogP contribution in [0.4, 0.5) is 61.5 Å². The molecule has 0 atom stereocenters. The molecule has 2 aromatic rings. The third-order valence-corrected chi connectivity index (χ3v) is 7.53. The topological polar surface area (TPSA) is 53.5 Å². The van der Waals surface area contributed by atoms with Crippen LogP contribution in [-0.2, 0) is 15.9 Å². The number of alkyl halides is 14. The summed E-state index contributed by atoms with van der Waals surface area (Å²) in [6, 6.07) is 5.48. The van der Waals surface area contributed by atoms with Gasteiger partial charge in [0.15, 0.2) is 5.82 Å². The molecular formula is C32H38F14N2O3. The lowest BCUT2D eigenvalue weighted by atomic mass is 9.95. The maximum Gasteiger partial charge on any atom is 0.453 e. The van der Waals surface area contributed by atoms with Gasteiger partial charge in [-0.3, -0.25) is 0 Å². The fourth-order valence-corrected chi connectivity index (χ4v) is 4.41. The van der Waals surface area contributed by atoms with E-state index in [0.717, 1.165) is 37.7 Å². The second-order valence-electron chi connectivity index (χ2n) is 11.7. The number of hydrogen-bond acceptors (Lipinski definition) is 5. The summed E-state index contributed by atoms with van der Waals surface area (Å²) in [6.07, 6.45) is -13.7. The monoisotopic (exact) mass is 764 g/mol. The maximum absolute atomic E-state index is 14.2. The van der Waals surface area contributed by atoms with Crippen LogP contribution in [-0.4, -0.2) is 65.2 Å². The van der Waals surface area contributed by atoms with Crippen LogP contribution in [0.3, 0.4) is 0 Å². The molecule has 1 heterocycles. The SMILES string of the molecule is CCCCCCCCc1cnc(-c2ccc(OCCCC(F)(F)C(F)(F)C(F)(F)C(F)(F)C(F)(F)OC(F)(F)C(F)(F)OCCCC)cc2)nc1. The average molecular weight is 765 g/mol. The first kappa shape index (κ1) is 44.2. The van der Waals surface area contributed by atoms with Crippen LogP contribution in [0.25, 0.3) is 11.4 Å². The van der Waals surface area contributed by atoms with Gasteiger partial charge >= 0.3 is 42.0 Å². The van der Waals surface area contributed by atoms with E-state index < -0.39 is 74.5 Å². The highest BCUT2D eigenvalue weighted by Crippen LogP contribution is 2.59. The summed E-state index contributed by atoms with van der Waals surface area (Å²) in [6.45, 7) is 1.29. The van der Waals surface area contributed by atoms with Crippen molar-refractivity contribution in [3.63, 3.8) is 0 Å². The van der Waals surface area contributed by atoms with Gasteiger partial charge in [0.1, 0.15) is 5.75 Å². The molecule has 0 unspecified atom stereocenters. The van der Waals surface area contributed by atoms with Gasteiger partial charge in [-0.1, -0.05) is 52.4 Å². The second kappa shape index (κ2) is 17.7. The molecule has 51 heavy (non-hydrogen) atoms. The molecule has 0 saturated carbocycles. The largest absolute Gasteiger partial charge is 0.494 e. The average Bonchev–Trinajstić information content (AvgIpc) is 3.04. The summed E-state index contributed by atoms with van der Waals surface area (Å²) in [4.78, 5) is 8.55. The number of rotatable bonds is 24. The molecule has 292 valence electrons. The van der Waals surface area contributed by atoms with Gasteiger partial charge in [-0.05, 0) is 55.5 Å². The Labute approximate surface area is 285 Å². The van der Waals surface area contributed by atoms with Crippen molar-refractivity contribution in [1.82, 2.24) is 9.97 Å². The highest BCUT2D eigenvalue weighted by atomic mass is 19.4. The predicted molar refractivity (Wildman–Crippen MR) is 156 cm³/mol. The fraction of sp³-hybridized carbons (Fsp3) is 0.688. The van der Waals surface area contributed by atoms with E-state index in [4.69, 9.17) is 4.74 Å². The van der Waals surface area contributed by atoms with Crippen molar-refractivity contribution in [2.75, 3.05) is 13.2 Å². The Kier molecular flexibility index (Phi) is 15.3. The van der Waals surface area contributed by atoms with Crippen LogP contribution in [0.2, 0.25) is 0 Å². The highest BCUT2D eigenvalue weighted by molar-refractivity contribution is 5.55. The van der Waals surface area contributed by atoms with E-state index in [1.54, 1.807) is 12.4 Å². The molecule has 0 aliphatic rings. The molecule has 0 fully saturated rings. The number of hydrogen-bond donors (Lipinski definition) is 0. The van der Waals surface area contributed by atoms with Gasteiger partial charge in [0, 0.05) is 24.4 Å². The zero-order valence-electron chi connectivity index (χ0n) is 27.6. The van der Waals surface area contributed by atoms with Crippen LogP contribution < -0.4 is 4.74 Å². The molecule has 19 heteroatoms. The van der Waals surface area contributed by atoms with Gasteiger partial charge in [-0.2, -0.15) is 61.5 Å². The van der Waals surface area contributed by atoms with Crippen LogP contribution in [0.5, 0.6) is 5.75 Å². The summed E-state index contributed by atoms with van der Waals surface area (Å²) < 4.78 is 205. The third-order valence-electron chi connectivity index (χ3n) is 7.53. The summed E-state index contributed by atoms with van der Waals surface area (Å²) in [7, 11) is 0. The molecule has 5 nitrogen and oxygen atoms in total. The molecule has 0 aliphatic heterocycles. The van der Waals surface area contributed by atoms with E-state index in [2.05, 4.69) is 21.6 Å². The van der Waals surface area contributed by atoms with Crippen molar-refractivity contribution in [2.24, 2.45) is 0 Å². The number of ether oxygens (including phenoxy) is 3. The van der Waals surface area contributed by atoms with Gasteiger partial charge in [0.2, 0.25) is 0 Å². The quantitative estimate of drug-likeness (QED) is 0.0787. The standard InChI is InChI=1S/C32H38F14N2O3/c1-3-5-7-8-9-10-12-22-20-47-25(48-21-22)23-13-15-24(16-14-23)49-18-11-17-26(33,34)27(35,36)28(37,38)29(39,40)30(41,42)51-32(45,46)31(43,44)50-19-6-4-2/h13-16,20-21H,3-12,17-19H2,1-2H3. The molecule has 2 rings (SSSR count). The first-order valence-electron chi connectivity index (χ1n) is 16.0. The van der Waals surface area contributed by atoms with E-state index in [0.29, 0.717) is 11.4 Å². The number of aryl methyl sites for hydroxylation is 1. The molecule has 0 saturated heterocycles. The predicted octanol–water partition coefficient (Wildman–Crippen LogP) is 11.4. The molecule has 1 aromatic heterocycles. The minimum absolute atomic E-state index is 0.0240. The molecule has 1 aromatic carbocycles. The minimum Gasteiger partial charge on any atom is -0.494 e. The first-order valence-corrected chi connectivity index (χ1v) is 16.0. The lowest BCUT2D eigenvalue weighted by Crippen LogP contribution is -2.69. The Hall–Kier alpha value is -2.96. The smallest absolute Gasteiger partial charge is 0.453 e. The van der Waals surface area contributed by atoms with E-state index >= 15 is 0 Å². The maximum atomic E-state index is 14.2. The van der Waals surface area contributed by atoms with Crippen LogP contribution >= 0.6 is 0 Å². The molecule has 0 aliphatic carbocycles. The third kappa shape index (κ3) is 10.8. The van der Waals surface area contributed by atoms with Crippen LogP contribution in [0.1, 0.15) is 83.6 Å². The number of benzene rings is 1. The summed E-state index contributed by atoms with van der Waals surface area (Å²) in [5.41, 5.74) is 1.42. The lowest BCUT2D eigenvalue weighted by Gasteiger charge is -2.40. The molecule has 0 amide bonds. The van der Waals surface area contributed by atoms with Crippen molar-refractivity contribution < 1.29 is 75.7 Å². The van der Waals surface area contributed by atoms with Crippen molar-refractivity contribution in [3.8, 4) is 17.1 Å². The van der Waals surface area contributed by atoms with Gasteiger partial charge in [-0.25, -0.2) is 14.7 Å². The summed E-state index contributed by atoms with van der Waals surface area (Å²) in [5.74, 6) is -29.0. The first-order chi connectivity index (χ1) is 23.5. The zero-order valence-corrected chi connectivity index (χ0v) is 27.6. The van der Waals surface area contributed by atoms with Crippen LogP contribution in [0.15, 0.2) is 36.7 Å². The van der Waals surface area contributed by atoms with Crippen LogP contribution in [0, 0.1) is 0 Å². The molecular weight excluding hydrogens is 726 g/mol. The highest BCUT2D eigenvalue weighted by Gasteiger charge is 2.88. The van der Waals surface area contributed by atoms with Gasteiger partial charge < -0.3 is 9.47 Å². The Morgan fingerprint density at radius 2 is 1.10 bits per heavy atom. The zero-order chi connectivity index (χ0) is 38.8. The van der Waals surface area contributed by atoms with Crippen molar-refractivity contribution >= 4 is 0 Å². The van der Waals surface area contributed by atoms with Crippen molar-refractivity contribution in [2.45, 2.75) is 126 Å². The Morgan fingerprint density at radius 3 is 1.67 bits per heavy atom.